The Kier molecular flexibility index (Phi) is 8.41. The Morgan fingerprint density at radius 3 is 2.50 bits per heavy atom. The van der Waals surface area contributed by atoms with Crippen molar-refractivity contribution >= 4 is 40.3 Å². The van der Waals surface area contributed by atoms with E-state index in [1.807, 2.05) is 59.5 Å². The monoisotopic (exact) mass is 622 g/mol. The number of fused-ring (bicyclic) bond motifs is 2. The number of carbonyl (C=O) groups excluding carboxylic acids is 3. The van der Waals surface area contributed by atoms with E-state index in [0.29, 0.717) is 58.7 Å². The molecule has 0 radical (unpaired) electrons. The Hall–Kier alpha value is -5.13. The van der Waals surface area contributed by atoms with Crippen LogP contribution in [0.5, 0.6) is 0 Å². The lowest BCUT2D eigenvalue weighted by molar-refractivity contribution is -0.141. The number of nitrogens with one attached hydrogen (secondary N) is 2. The predicted octanol–water partition coefficient (Wildman–Crippen LogP) is 3.91. The standard InChI is InChI=1S/C34H38N8O4/c43-32(40-19-17-39(18-20-40)27-7-12-35-13-8-27)31(22-24-5-6-30-26(21-24)23-36-38-30)46-34(45)41-14-10-28(11-15-41)42-16-9-25-3-1-2-4-29(25)37-33(42)44/h1-8,12-13,21,23,28,31H,9-11,14-20,22H2,(H,36,38)(H,37,44)/t31-/m1/s1. The first-order valence-corrected chi connectivity index (χ1v) is 16.0. The zero-order valence-electron chi connectivity index (χ0n) is 25.7. The topological polar surface area (TPSA) is 127 Å². The molecule has 5 heterocycles. The Morgan fingerprint density at radius 1 is 0.913 bits per heavy atom. The fourth-order valence-electron chi connectivity index (χ4n) is 6.75. The summed E-state index contributed by atoms with van der Waals surface area (Å²) in [5, 5.41) is 11.0. The molecule has 4 aromatic rings. The van der Waals surface area contributed by atoms with Crippen molar-refractivity contribution in [3.63, 3.8) is 0 Å². The van der Waals surface area contributed by atoms with Crippen LogP contribution < -0.4 is 10.2 Å². The minimum Gasteiger partial charge on any atom is -0.436 e. The molecular weight excluding hydrogens is 584 g/mol. The van der Waals surface area contributed by atoms with E-state index >= 15 is 0 Å². The molecule has 2 N–H and O–H groups in total. The fraction of sp³-hybridized carbons (Fsp3) is 0.382. The first kappa shape index (κ1) is 29.6. The largest absolute Gasteiger partial charge is 0.436 e. The molecule has 0 saturated carbocycles. The number of piperidine rings is 1. The maximum Gasteiger partial charge on any atom is 0.410 e. The summed E-state index contributed by atoms with van der Waals surface area (Å²) in [7, 11) is 0. The van der Waals surface area contributed by atoms with E-state index in [4.69, 9.17) is 4.74 Å². The van der Waals surface area contributed by atoms with Crippen LogP contribution in [0, 0.1) is 0 Å². The number of carbonyl (C=O) groups is 3. The summed E-state index contributed by atoms with van der Waals surface area (Å²) < 4.78 is 6.04. The molecule has 2 aromatic carbocycles. The number of aromatic nitrogens is 3. The Morgan fingerprint density at radius 2 is 1.70 bits per heavy atom. The lowest BCUT2D eigenvalue weighted by Crippen LogP contribution is -2.54. The van der Waals surface area contributed by atoms with Gasteiger partial charge in [-0.05, 0) is 60.7 Å². The van der Waals surface area contributed by atoms with Crippen molar-refractivity contribution in [2.24, 2.45) is 0 Å². The number of aromatic amines is 1. The van der Waals surface area contributed by atoms with Crippen LogP contribution in [0.4, 0.5) is 21.0 Å². The first-order valence-electron chi connectivity index (χ1n) is 16.0. The van der Waals surface area contributed by atoms with Crippen molar-refractivity contribution < 1.29 is 19.1 Å². The molecule has 4 amide bonds. The van der Waals surface area contributed by atoms with Gasteiger partial charge in [-0.2, -0.15) is 5.10 Å². The van der Waals surface area contributed by atoms with E-state index in [1.54, 1.807) is 28.4 Å². The minimum atomic E-state index is -0.961. The van der Waals surface area contributed by atoms with Crippen molar-refractivity contribution in [1.82, 2.24) is 29.9 Å². The van der Waals surface area contributed by atoms with Crippen LogP contribution in [0.1, 0.15) is 24.0 Å². The Balaban J connectivity index is 0.999. The van der Waals surface area contributed by atoms with Gasteiger partial charge in [0.15, 0.2) is 6.10 Å². The predicted molar refractivity (Wildman–Crippen MR) is 174 cm³/mol. The molecule has 0 spiro atoms. The number of amides is 4. The molecule has 7 rings (SSSR count). The van der Waals surface area contributed by atoms with Crippen LogP contribution in [-0.4, -0.2) is 106 Å². The number of H-pyrrole nitrogens is 1. The van der Waals surface area contributed by atoms with Gasteiger partial charge in [0.2, 0.25) is 0 Å². The van der Waals surface area contributed by atoms with E-state index in [-0.39, 0.29) is 24.4 Å². The smallest absolute Gasteiger partial charge is 0.410 e. The highest BCUT2D eigenvalue weighted by atomic mass is 16.6. The van der Waals surface area contributed by atoms with Crippen LogP contribution in [0.15, 0.2) is 73.2 Å². The Bertz CT molecular complexity index is 1700. The number of urea groups is 1. The number of rotatable bonds is 6. The molecule has 3 aliphatic heterocycles. The number of anilines is 2. The van der Waals surface area contributed by atoms with Crippen LogP contribution >= 0.6 is 0 Å². The molecule has 0 bridgehead atoms. The maximum absolute atomic E-state index is 13.9. The van der Waals surface area contributed by atoms with Gasteiger partial charge in [-0.3, -0.25) is 14.9 Å². The molecule has 12 nitrogen and oxygen atoms in total. The van der Waals surface area contributed by atoms with Crippen LogP contribution in [0.25, 0.3) is 10.9 Å². The van der Waals surface area contributed by atoms with Crippen molar-refractivity contribution in [2.75, 3.05) is 56.0 Å². The number of pyridine rings is 1. The summed E-state index contributed by atoms with van der Waals surface area (Å²) >= 11 is 0. The molecule has 46 heavy (non-hydrogen) atoms. The summed E-state index contributed by atoms with van der Waals surface area (Å²) in [5.41, 5.74) is 4.85. The third-order valence-electron chi connectivity index (χ3n) is 9.37. The highest BCUT2D eigenvalue weighted by Crippen LogP contribution is 2.25. The van der Waals surface area contributed by atoms with Gasteiger partial charge in [-0.25, -0.2) is 9.59 Å². The average molecular weight is 623 g/mol. The highest BCUT2D eigenvalue weighted by Gasteiger charge is 2.35. The minimum absolute atomic E-state index is 0.0224. The molecule has 12 heteroatoms. The van der Waals surface area contributed by atoms with E-state index < -0.39 is 12.2 Å². The summed E-state index contributed by atoms with van der Waals surface area (Å²) in [6, 6.07) is 17.6. The Labute approximate surface area is 267 Å². The van der Waals surface area contributed by atoms with Gasteiger partial charge in [-0.15, -0.1) is 0 Å². The molecule has 2 saturated heterocycles. The quantitative estimate of drug-likeness (QED) is 0.334. The lowest BCUT2D eigenvalue weighted by atomic mass is 10.0. The second-order valence-corrected chi connectivity index (χ2v) is 12.1. The summed E-state index contributed by atoms with van der Waals surface area (Å²) in [6.07, 6.45) is 6.16. The van der Waals surface area contributed by atoms with E-state index in [1.165, 1.54) is 0 Å². The van der Waals surface area contributed by atoms with Crippen molar-refractivity contribution in [3.8, 4) is 0 Å². The number of hydrogen-bond acceptors (Lipinski definition) is 7. The van der Waals surface area contributed by atoms with Crippen LogP contribution in [0.2, 0.25) is 0 Å². The molecule has 1 atom stereocenters. The SMILES string of the molecule is O=C(O[C@H](Cc1ccc2[nH]ncc2c1)C(=O)N1CCN(c2ccncc2)CC1)N1CCC(N2CCc3ccccc3NC2=O)CC1. The number of nitrogens with zero attached hydrogens (tertiary/aromatic N) is 6. The molecule has 2 aromatic heterocycles. The van der Waals surface area contributed by atoms with E-state index in [0.717, 1.165) is 39.8 Å². The van der Waals surface area contributed by atoms with E-state index in [9.17, 15) is 14.4 Å². The normalized spacial score (nSPS) is 18.1. The molecule has 0 unspecified atom stereocenters. The fourth-order valence-corrected chi connectivity index (χ4v) is 6.75. The number of hydrogen-bond donors (Lipinski definition) is 2. The molecule has 3 aliphatic rings. The van der Waals surface area contributed by atoms with Crippen molar-refractivity contribution in [2.45, 2.75) is 37.8 Å². The van der Waals surface area contributed by atoms with Gasteiger partial charge in [-0.1, -0.05) is 24.3 Å². The van der Waals surface area contributed by atoms with Gasteiger partial charge >= 0.3 is 12.1 Å². The zero-order chi connectivity index (χ0) is 31.5. The second kappa shape index (κ2) is 13.1. The van der Waals surface area contributed by atoms with Gasteiger partial charge in [0.05, 0.1) is 11.7 Å². The number of benzene rings is 2. The zero-order valence-corrected chi connectivity index (χ0v) is 25.7. The number of piperazine rings is 1. The van der Waals surface area contributed by atoms with Crippen molar-refractivity contribution in [1.29, 1.82) is 0 Å². The third-order valence-corrected chi connectivity index (χ3v) is 9.37. The summed E-state index contributed by atoms with van der Waals surface area (Å²) in [5.74, 6) is -0.189. The summed E-state index contributed by atoms with van der Waals surface area (Å²) in [4.78, 5) is 52.2. The van der Waals surface area contributed by atoms with Gasteiger partial charge in [0.25, 0.3) is 5.91 Å². The maximum atomic E-state index is 13.9. The number of para-hydroxylation sites is 1. The number of ether oxygens (including phenoxy) is 1. The molecule has 0 aliphatic carbocycles. The summed E-state index contributed by atoms with van der Waals surface area (Å²) in [6.45, 7) is 3.95. The van der Waals surface area contributed by atoms with Crippen LogP contribution in [0.3, 0.4) is 0 Å². The van der Waals surface area contributed by atoms with Crippen LogP contribution in [-0.2, 0) is 22.4 Å². The van der Waals surface area contributed by atoms with Gasteiger partial charge in [0.1, 0.15) is 0 Å². The van der Waals surface area contributed by atoms with Gasteiger partial charge in [0, 0.05) is 87.4 Å². The first-order chi connectivity index (χ1) is 22.5. The van der Waals surface area contributed by atoms with Crippen molar-refractivity contribution in [3.05, 3.63) is 84.3 Å². The molecule has 238 valence electrons. The number of likely N-dealkylation sites (tertiary alicyclic amines) is 1. The molecule has 2 fully saturated rings. The lowest BCUT2D eigenvalue weighted by Gasteiger charge is -2.39. The average Bonchev–Trinajstić information content (AvgIpc) is 3.50. The second-order valence-electron chi connectivity index (χ2n) is 12.1. The van der Waals surface area contributed by atoms with Gasteiger partial charge < -0.3 is 29.7 Å². The third kappa shape index (κ3) is 6.33. The highest BCUT2D eigenvalue weighted by molar-refractivity contribution is 5.91. The van der Waals surface area contributed by atoms with E-state index in [2.05, 4.69) is 25.4 Å². The molecular formula is C34H38N8O4.